The molecule has 1 atom stereocenters. The Bertz CT molecular complexity index is 1250. The molecule has 2 heterocycles. The van der Waals surface area contributed by atoms with E-state index in [1.165, 1.54) is 10.9 Å². The number of thioether (sulfide) groups is 1. The van der Waals surface area contributed by atoms with Gasteiger partial charge in [-0.2, -0.15) is 10.4 Å². The van der Waals surface area contributed by atoms with E-state index >= 15 is 0 Å². The van der Waals surface area contributed by atoms with Crippen LogP contribution in [-0.4, -0.2) is 44.1 Å². The van der Waals surface area contributed by atoms with Gasteiger partial charge in [0.1, 0.15) is 29.0 Å². The van der Waals surface area contributed by atoms with Gasteiger partial charge >= 0.3 is 0 Å². The van der Waals surface area contributed by atoms with Crippen LogP contribution in [0.5, 0.6) is 0 Å². The molecule has 0 fully saturated rings. The lowest BCUT2D eigenvalue weighted by molar-refractivity contribution is -0.115. The molecule has 1 aromatic carbocycles. The second kappa shape index (κ2) is 8.91. The number of aromatic nitrogens is 5. The summed E-state index contributed by atoms with van der Waals surface area (Å²) in [6.07, 6.45) is 1.37. The van der Waals surface area contributed by atoms with E-state index in [0.717, 1.165) is 17.3 Å². The Morgan fingerprint density at radius 3 is 2.58 bits per heavy atom. The number of benzene rings is 1. The van der Waals surface area contributed by atoms with Crippen LogP contribution in [0, 0.1) is 18.3 Å². The van der Waals surface area contributed by atoms with Crippen LogP contribution in [0.1, 0.15) is 23.9 Å². The lowest BCUT2D eigenvalue weighted by Gasteiger charge is -2.12. The number of nitriles is 1. The van der Waals surface area contributed by atoms with Gasteiger partial charge in [0, 0.05) is 14.1 Å². The molecule has 2 aromatic heterocycles. The maximum atomic E-state index is 12.7. The number of hydrogen-bond donors (Lipinski definition) is 1. The van der Waals surface area contributed by atoms with Crippen molar-refractivity contribution in [2.45, 2.75) is 34.9 Å². The summed E-state index contributed by atoms with van der Waals surface area (Å²) in [6.45, 7) is 3.56. The summed E-state index contributed by atoms with van der Waals surface area (Å²) in [5.41, 5.74) is 1.23. The van der Waals surface area contributed by atoms with Gasteiger partial charge < -0.3 is 9.88 Å². The highest BCUT2D eigenvalue weighted by Crippen LogP contribution is 2.25. The molecular weight excluding hydrogens is 438 g/mol. The smallest absolute Gasteiger partial charge is 0.238 e. The number of carbonyl (C=O) groups excluding carboxylic acids is 1. The van der Waals surface area contributed by atoms with Gasteiger partial charge in [-0.15, -0.1) is 10.2 Å². The number of aryl methyl sites for hydroxylation is 2. The minimum atomic E-state index is -3.58. The Labute approximate surface area is 184 Å². The third kappa shape index (κ3) is 4.95. The molecule has 3 aromatic rings. The van der Waals surface area contributed by atoms with Crippen molar-refractivity contribution in [2.75, 3.05) is 5.32 Å². The summed E-state index contributed by atoms with van der Waals surface area (Å²) in [4.78, 5) is 12.8. The van der Waals surface area contributed by atoms with Gasteiger partial charge in [0.05, 0.1) is 16.3 Å². The Morgan fingerprint density at radius 2 is 1.94 bits per heavy atom. The Kier molecular flexibility index (Phi) is 6.47. The van der Waals surface area contributed by atoms with Crippen molar-refractivity contribution in [3.63, 3.8) is 0 Å². The number of carbonyl (C=O) groups is 1. The first-order chi connectivity index (χ1) is 14.6. The highest BCUT2D eigenvalue weighted by molar-refractivity contribution is 8.00. The molecule has 1 N–H and O–H groups in total. The van der Waals surface area contributed by atoms with Crippen molar-refractivity contribution in [3.05, 3.63) is 47.4 Å². The van der Waals surface area contributed by atoms with Gasteiger partial charge in [0.25, 0.3) is 0 Å². The topological polar surface area (TPSA) is 136 Å². The maximum Gasteiger partial charge on any atom is 0.238 e. The minimum absolute atomic E-state index is 0.215. The number of anilines is 1. The molecule has 12 heteroatoms. The van der Waals surface area contributed by atoms with Crippen molar-refractivity contribution in [1.29, 1.82) is 5.26 Å². The number of nitrogens with zero attached hydrogens (tertiary/aromatic N) is 6. The van der Waals surface area contributed by atoms with Crippen molar-refractivity contribution in [1.82, 2.24) is 24.5 Å². The predicted molar refractivity (Wildman–Crippen MR) is 115 cm³/mol. The van der Waals surface area contributed by atoms with E-state index in [9.17, 15) is 13.2 Å². The number of sulfone groups is 1. The van der Waals surface area contributed by atoms with Crippen LogP contribution >= 0.6 is 11.8 Å². The standard InChI is InChI=1S/C19H21N7O3S2/c1-12-5-7-15(8-6-12)31(28,29)11-16-23-24-19(25(16)3)30-13(2)18(27)22-17-14(9-20)10-21-26(17)4/h5-8,10,13H,11H2,1-4H3,(H,22,27). The van der Waals surface area contributed by atoms with E-state index in [4.69, 9.17) is 5.26 Å². The summed E-state index contributed by atoms with van der Waals surface area (Å²) < 4.78 is 28.3. The average Bonchev–Trinajstić information content (AvgIpc) is 3.24. The Hall–Kier alpha value is -3.17. The third-order valence-corrected chi connectivity index (χ3v) is 7.34. The fraction of sp³-hybridized carbons (Fsp3) is 0.316. The van der Waals surface area contributed by atoms with Crippen LogP contribution in [0.25, 0.3) is 0 Å². The lowest BCUT2D eigenvalue weighted by atomic mass is 10.2. The summed E-state index contributed by atoms with van der Waals surface area (Å²) in [6, 6.07) is 8.59. The molecule has 0 radical (unpaired) electrons. The first-order valence-corrected chi connectivity index (χ1v) is 11.7. The van der Waals surface area contributed by atoms with Crippen LogP contribution in [0.2, 0.25) is 0 Å². The van der Waals surface area contributed by atoms with Gasteiger partial charge in [0.15, 0.2) is 15.0 Å². The molecule has 0 bridgehead atoms. The van der Waals surface area contributed by atoms with Crippen LogP contribution in [0.4, 0.5) is 5.82 Å². The van der Waals surface area contributed by atoms with E-state index < -0.39 is 15.1 Å². The number of rotatable bonds is 7. The van der Waals surface area contributed by atoms with Crippen molar-refractivity contribution >= 4 is 33.3 Å². The van der Waals surface area contributed by atoms with Crippen LogP contribution in [0.3, 0.4) is 0 Å². The number of amides is 1. The van der Waals surface area contributed by atoms with Gasteiger partial charge in [-0.25, -0.2) is 8.42 Å². The SMILES string of the molecule is Cc1ccc(S(=O)(=O)Cc2nnc(SC(C)C(=O)Nc3c(C#N)cnn3C)n2C)cc1. The van der Waals surface area contributed by atoms with E-state index in [-0.39, 0.29) is 27.9 Å². The number of hydrogen-bond acceptors (Lipinski definition) is 8. The summed E-state index contributed by atoms with van der Waals surface area (Å²) in [5, 5.41) is 23.6. The molecule has 0 saturated carbocycles. The van der Waals surface area contributed by atoms with E-state index in [0.29, 0.717) is 11.0 Å². The van der Waals surface area contributed by atoms with E-state index in [1.54, 1.807) is 49.9 Å². The highest BCUT2D eigenvalue weighted by atomic mass is 32.2. The lowest BCUT2D eigenvalue weighted by Crippen LogP contribution is -2.24. The zero-order chi connectivity index (χ0) is 22.8. The monoisotopic (exact) mass is 459 g/mol. The molecule has 1 amide bonds. The minimum Gasteiger partial charge on any atom is -0.309 e. The molecule has 1 unspecified atom stereocenters. The average molecular weight is 460 g/mol. The zero-order valence-electron chi connectivity index (χ0n) is 17.4. The molecule has 162 valence electrons. The molecule has 0 aliphatic heterocycles. The Morgan fingerprint density at radius 1 is 1.26 bits per heavy atom. The van der Waals surface area contributed by atoms with Crippen molar-refractivity contribution in [2.24, 2.45) is 14.1 Å². The summed E-state index contributed by atoms with van der Waals surface area (Å²) >= 11 is 1.13. The Balaban J connectivity index is 1.71. The first-order valence-electron chi connectivity index (χ1n) is 9.19. The zero-order valence-corrected chi connectivity index (χ0v) is 19.0. The molecule has 0 saturated heterocycles. The normalized spacial score (nSPS) is 12.4. The van der Waals surface area contributed by atoms with Crippen LogP contribution in [0.15, 0.2) is 40.5 Å². The van der Waals surface area contributed by atoms with Gasteiger partial charge in [0.2, 0.25) is 5.91 Å². The maximum absolute atomic E-state index is 12.7. The quantitative estimate of drug-likeness (QED) is 0.529. The first kappa shape index (κ1) is 22.5. The summed E-state index contributed by atoms with van der Waals surface area (Å²) in [7, 11) is -0.306. The fourth-order valence-electron chi connectivity index (χ4n) is 2.67. The second-order valence-corrected chi connectivity index (χ2v) is 10.2. The van der Waals surface area contributed by atoms with E-state index in [2.05, 4.69) is 20.6 Å². The molecule has 31 heavy (non-hydrogen) atoms. The number of nitrogens with one attached hydrogen (secondary N) is 1. The van der Waals surface area contributed by atoms with Crippen LogP contribution in [-0.2, 0) is 34.5 Å². The molecule has 3 rings (SSSR count). The van der Waals surface area contributed by atoms with Gasteiger partial charge in [-0.1, -0.05) is 29.5 Å². The van der Waals surface area contributed by atoms with Crippen molar-refractivity contribution < 1.29 is 13.2 Å². The predicted octanol–water partition coefficient (Wildman–Crippen LogP) is 1.82. The van der Waals surface area contributed by atoms with Gasteiger partial charge in [-0.05, 0) is 26.0 Å². The van der Waals surface area contributed by atoms with Gasteiger partial charge in [-0.3, -0.25) is 9.48 Å². The molecule has 0 aliphatic carbocycles. The van der Waals surface area contributed by atoms with Crippen molar-refractivity contribution in [3.8, 4) is 6.07 Å². The molecule has 10 nitrogen and oxygen atoms in total. The largest absolute Gasteiger partial charge is 0.309 e. The highest BCUT2D eigenvalue weighted by Gasteiger charge is 2.24. The summed E-state index contributed by atoms with van der Waals surface area (Å²) in [5.74, 6) is -0.0693. The third-order valence-electron chi connectivity index (χ3n) is 4.58. The fourth-order valence-corrected chi connectivity index (χ4v) is 4.81. The second-order valence-electron chi connectivity index (χ2n) is 6.92. The van der Waals surface area contributed by atoms with E-state index in [1.807, 2.05) is 13.0 Å². The van der Waals surface area contributed by atoms with Crippen LogP contribution < -0.4 is 5.32 Å². The molecule has 0 spiro atoms. The molecule has 0 aliphatic rings. The molecular formula is C19H21N7O3S2.